The van der Waals surface area contributed by atoms with E-state index in [1.54, 1.807) is 24.3 Å². The molecule has 2 heterocycles. The number of fused-ring (bicyclic) bond motifs is 2. The van der Waals surface area contributed by atoms with Crippen LogP contribution >= 0.6 is 0 Å². The Morgan fingerprint density at radius 1 is 1.04 bits per heavy atom. The van der Waals surface area contributed by atoms with Gasteiger partial charge in [-0.25, -0.2) is 9.78 Å². The standard InChI is InChI=1S/C18H15N3O4/c22-16(11-21-13-6-2-4-8-15(13)25-18(21)23)19-10-9-17-20-12-5-1-3-7-14(12)24-17/h1-8H,9-11H2,(H,19,22). The number of nitrogens with zero attached hydrogens (tertiary/aromatic N) is 2. The van der Waals surface area contributed by atoms with Gasteiger partial charge < -0.3 is 14.2 Å². The molecule has 126 valence electrons. The summed E-state index contributed by atoms with van der Waals surface area (Å²) in [5.74, 6) is -0.257. The topological polar surface area (TPSA) is 90.3 Å². The Kier molecular flexibility index (Phi) is 3.81. The molecule has 4 aromatic rings. The molecule has 7 nitrogen and oxygen atoms in total. The molecule has 0 saturated carbocycles. The monoisotopic (exact) mass is 337 g/mol. The number of aromatic nitrogens is 2. The molecule has 0 aliphatic heterocycles. The van der Waals surface area contributed by atoms with Crippen molar-refractivity contribution in [2.45, 2.75) is 13.0 Å². The van der Waals surface area contributed by atoms with E-state index in [-0.39, 0.29) is 12.5 Å². The third-order valence-corrected chi connectivity index (χ3v) is 3.87. The summed E-state index contributed by atoms with van der Waals surface area (Å²) in [4.78, 5) is 28.3. The molecule has 0 radical (unpaired) electrons. The molecule has 0 unspecified atom stereocenters. The second kappa shape index (κ2) is 6.27. The number of para-hydroxylation sites is 4. The number of oxazole rings is 2. The summed E-state index contributed by atoms with van der Waals surface area (Å²) in [5.41, 5.74) is 2.58. The molecule has 0 atom stereocenters. The van der Waals surface area contributed by atoms with Crippen LogP contribution in [0.25, 0.3) is 22.2 Å². The summed E-state index contributed by atoms with van der Waals surface area (Å²) in [6.07, 6.45) is 0.474. The first-order valence-electron chi connectivity index (χ1n) is 7.90. The smallest absolute Gasteiger partial charge is 0.420 e. The maximum Gasteiger partial charge on any atom is 0.420 e. The molecule has 0 saturated heterocycles. The number of nitrogens with one attached hydrogen (secondary N) is 1. The molecule has 0 aliphatic rings. The fourth-order valence-corrected chi connectivity index (χ4v) is 2.70. The van der Waals surface area contributed by atoms with Crippen LogP contribution in [0.5, 0.6) is 0 Å². The number of rotatable bonds is 5. The van der Waals surface area contributed by atoms with Gasteiger partial charge in [-0.2, -0.15) is 0 Å². The van der Waals surface area contributed by atoms with Gasteiger partial charge in [0.15, 0.2) is 17.1 Å². The lowest BCUT2D eigenvalue weighted by atomic mass is 10.3. The van der Waals surface area contributed by atoms with Gasteiger partial charge in [-0.15, -0.1) is 0 Å². The number of carbonyl (C=O) groups is 1. The van der Waals surface area contributed by atoms with E-state index in [9.17, 15) is 9.59 Å². The normalized spacial score (nSPS) is 11.2. The maximum absolute atomic E-state index is 12.1. The number of hydrogen-bond donors (Lipinski definition) is 1. The Labute approximate surface area is 141 Å². The van der Waals surface area contributed by atoms with E-state index in [4.69, 9.17) is 8.83 Å². The molecule has 1 amide bonds. The van der Waals surface area contributed by atoms with Crippen molar-refractivity contribution in [1.29, 1.82) is 0 Å². The molecular formula is C18H15N3O4. The summed E-state index contributed by atoms with van der Waals surface area (Å²) in [5, 5.41) is 2.77. The Hall–Kier alpha value is -3.35. The fraction of sp³-hybridized carbons (Fsp3) is 0.167. The van der Waals surface area contributed by atoms with Gasteiger partial charge in [0, 0.05) is 13.0 Å². The van der Waals surface area contributed by atoms with Crippen LogP contribution in [0.3, 0.4) is 0 Å². The predicted molar refractivity (Wildman–Crippen MR) is 91.2 cm³/mol. The van der Waals surface area contributed by atoms with E-state index >= 15 is 0 Å². The molecule has 1 N–H and O–H groups in total. The largest absolute Gasteiger partial charge is 0.441 e. The minimum absolute atomic E-state index is 0.0938. The van der Waals surface area contributed by atoms with Crippen LogP contribution in [0.2, 0.25) is 0 Å². The molecule has 2 aromatic heterocycles. The van der Waals surface area contributed by atoms with Crippen molar-refractivity contribution in [2.24, 2.45) is 0 Å². The highest BCUT2D eigenvalue weighted by atomic mass is 16.4. The van der Waals surface area contributed by atoms with Gasteiger partial charge in [0.2, 0.25) is 5.91 Å². The zero-order valence-electron chi connectivity index (χ0n) is 13.3. The van der Waals surface area contributed by atoms with Crippen LogP contribution in [0.15, 0.2) is 62.2 Å². The van der Waals surface area contributed by atoms with Crippen LogP contribution in [0, 0.1) is 0 Å². The molecule has 2 aromatic carbocycles. The van der Waals surface area contributed by atoms with Crippen molar-refractivity contribution < 1.29 is 13.6 Å². The highest BCUT2D eigenvalue weighted by Crippen LogP contribution is 2.14. The highest BCUT2D eigenvalue weighted by Gasteiger charge is 2.12. The van der Waals surface area contributed by atoms with E-state index in [1.807, 2.05) is 24.3 Å². The summed E-state index contributed by atoms with van der Waals surface area (Å²) in [6, 6.07) is 14.5. The fourth-order valence-electron chi connectivity index (χ4n) is 2.70. The SMILES string of the molecule is O=C(Cn1c(=O)oc2ccccc21)NCCc1nc2ccccc2o1. The number of benzene rings is 2. The van der Waals surface area contributed by atoms with E-state index < -0.39 is 5.76 Å². The van der Waals surface area contributed by atoms with Crippen LogP contribution in [0.4, 0.5) is 0 Å². The average Bonchev–Trinajstić information content (AvgIpc) is 3.16. The molecular weight excluding hydrogens is 322 g/mol. The van der Waals surface area contributed by atoms with E-state index in [0.717, 1.165) is 11.1 Å². The average molecular weight is 337 g/mol. The molecule has 7 heteroatoms. The summed E-state index contributed by atoms with van der Waals surface area (Å²) in [7, 11) is 0. The van der Waals surface area contributed by atoms with Gasteiger partial charge in [-0.05, 0) is 24.3 Å². The van der Waals surface area contributed by atoms with Crippen molar-refractivity contribution in [2.75, 3.05) is 6.54 Å². The van der Waals surface area contributed by atoms with Crippen molar-refractivity contribution in [1.82, 2.24) is 14.9 Å². The number of hydrogen-bond acceptors (Lipinski definition) is 5. The molecule has 0 fully saturated rings. The lowest BCUT2D eigenvalue weighted by Crippen LogP contribution is -2.32. The molecule has 25 heavy (non-hydrogen) atoms. The van der Waals surface area contributed by atoms with Crippen LogP contribution < -0.4 is 11.1 Å². The highest BCUT2D eigenvalue weighted by molar-refractivity contribution is 5.79. The van der Waals surface area contributed by atoms with Crippen molar-refractivity contribution >= 4 is 28.1 Å². The van der Waals surface area contributed by atoms with Crippen LogP contribution in [0.1, 0.15) is 5.89 Å². The van der Waals surface area contributed by atoms with Crippen molar-refractivity contribution in [3.05, 3.63) is 65.0 Å². The second-order valence-corrected chi connectivity index (χ2v) is 5.60. The summed E-state index contributed by atoms with van der Waals surface area (Å²) >= 11 is 0. The zero-order chi connectivity index (χ0) is 17.2. The molecule has 0 spiro atoms. The van der Waals surface area contributed by atoms with Gasteiger partial charge in [-0.1, -0.05) is 24.3 Å². The third kappa shape index (κ3) is 3.03. The quantitative estimate of drug-likeness (QED) is 0.602. The first kappa shape index (κ1) is 15.2. The Morgan fingerprint density at radius 2 is 1.80 bits per heavy atom. The van der Waals surface area contributed by atoms with E-state index in [0.29, 0.717) is 30.0 Å². The molecule has 0 aliphatic carbocycles. The first-order chi connectivity index (χ1) is 12.2. The van der Waals surface area contributed by atoms with Crippen LogP contribution in [-0.4, -0.2) is 22.0 Å². The third-order valence-electron chi connectivity index (χ3n) is 3.87. The van der Waals surface area contributed by atoms with Crippen molar-refractivity contribution in [3.8, 4) is 0 Å². The Balaban J connectivity index is 1.39. The predicted octanol–water partition coefficient (Wildman–Crippen LogP) is 2.09. The lowest BCUT2D eigenvalue weighted by molar-refractivity contribution is -0.121. The Bertz CT molecular complexity index is 1070. The van der Waals surface area contributed by atoms with Crippen LogP contribution in [-0.2, 0) is 17.8 Å². The minimum Gasteiger partial charge on any atom is -0.441 e. The van der Waals surface area contributed by atoms with Crippen molar-refractivity contribution in [3.63, 3.8) is 0 Å². The van der Waals surface area contributed by atoms with Gasteiger partial charge in [0.25, 0.3) is 0 Å². The second-order valence-electron chi connectivity index (χ2n) is 5.60. The first-order valence-corrected chi connectivity index (χ1v) is 7.90. The van der Waals surface area contributed by atoms with E-state index in [2.05, 4.69) is 10.3 Å². The molecule has 0 bridgehead atoms. The Morgan fingerprint density at radius 3 is 2.64 bits per heavy atom. The zero-order valence-corrected chi connectivity index (χ0v) is 13.3. The summed E-state index contributed by atoms with van der Waals surface area (Å²) in [6.45, 7) is 0.277. The lowest BCUT2D eigenvalue weighted by Gasteiger charge is -2.04. The van der Waals surface area contributed by atoms with Gasteiger partial charge >= 0.3 is 5.76 Å². The summed E-state index contributed by atoms with van der Waals surface area (Å²) < 4.78 is 12.0. The van der Waals surface area contributed by atoms with Gasteiger partial charge in [0.05, 0.1) is 5.52 Å². The number of carbonyl (C=O) groups excluding carboxylic acids is 1. The number of amides is 1. The van der Waals surface area contributed by atoms with Gasteiger partial charge in [-0.3, -0.25) is 9.36 Å². The van der Waals surface area contributed by atoms with Gasteiger partial charge in [0.1, 0.15) is 12.1 Å². The van der Waals surface area contributed by atoms with E-state index in [1.165, 1.54) is 4.57 Å². The maximum atomic E-state index is 12.1. The minimum atomic E-state index is -0.546. The molecule has 4 rings (SSSR count).